The molecule has 0 aliphatic heterocycles. The minimum Gasteiger partial charge on any atom is -0.467 e. The number of hydrogen-bond acceptors (Lipinski definition) is 3. The topological polar surface area (TPSA) is 55.4 Å². The van der Waals surface area contributed by atoms with E-state index in [0.717, 1.165) is 21.9 Å². The van der Waals surface area contributed by atoms with Crippen LogP contribution in [0.15, 0.2) is 103 Å². The highest BCUT2D eigenvalue weighted by molar-refractivity contribution is 6.00. The summed E-state index contributed by atoms with van der Waals surface area (Å²) >= 11 is 0. The predicted molar refractivity (Wildman–Crippen MR) is 122 cm³/mol. The maximum Gasteiger partial charge on any atom is 0.329 e. The van der Waals surface area contributed by atoms with Crippen molar-refractivity contribution in [2.24, 2.45) is 0 Å². The summed E-state index contributed by atoms with van der Waals surface area (Å²) in [6.45, 7) is 0. The van der Waals surface area contributed by atoms with Gasteiger partial charge in [0.15, 0.2) is 0 Å². The quantitative estimate of drug-likeness (QED) is 0.459. The average molecular weight is 409 g/mol. The number of ether oxygens (including phenoxy) is 1. The molecule has 0 saturated heterocycles. The molecule has 4 aromatic rings. The molecule has 1 atom stereocenters. The Kier molecular flexibility index (Phi) is 6.08. The van der Waals surface area contributed by atoms with Gasteiger partial charge in [0.05, 0.1) is 7.11 Å². The van der Waals surface area contributed by atoms with E-state index in [0.29, 0.717) is 5.56 Å². The van der Waals surface area contributed by atoms with Crippen molar-refractivity contribution in [3.05, 3.63) is 120 Å². The molecular weight excluding hydrogens is 386 g/mol. The van der Waals surface area contributed by atoms with Crippen LogP contribution in [0.25, 0.3) is 10.8 Å². The lowest BCUT2D eigenvalue weighted by Crippen LogP contribution is -2.46. The van der Waals surface area contributed by atoms with Gasteiger partial charge in [-0.1, -0.05) is 91.0 Å². The largest absolute Gasteiger partial charge is 0.467 e. The molecule has 0 fully saturated rings. The molecular formula is C27H23NO3. The van der Waals surface area contributed by atoms with Crippen LogP contribution < -0.4 is 5.32 Å². The normalized spacial score (nSPS) is 11.8. The standard InChI is InChI=1S/C27H23NO3/c1-31-27(30)25(24(20-11-4-2-5-12-20)21-13-6-3-7-14-21)28-26(29)23-17-16-19-10-8-9-15-22(19)18-23/h2-18,24-25H,1H3,(H,28,29)/t25-/m0/s1. The number of benzene rings is 4. The Morgan fingerprint density at radius 2 is 1.26 bits per heavy atom. The van der Waals surface area contributed by atoms with E-state index in [-0.39, 0.29) is 11.8 Å². The summed E-state index contributed by atoms with van der Waals surface area (Å²) in [6.07, 6.45) is 0. The Morgan fingerprint density at radius 3 is 1.84 bits per heavy atom. The van der Waals surface area contributed by atoms with E-state index in [2.05, 4.69) is 5.32 Å². The minimum atomic E-state index is -0.881. The summed E-state index contributed by atoms with van der Waals surface area (Å²) in [6, 6.07) is 31.8. The summed E-state index contributed by atoms with van der Waals surface area (Å²) in [5, 5.41) is 4.95. The first-order valence-corrected chi connectivity index (χ1v) is 10.1. The molecule has 4 nitrogen and oxygen atoms in total. The fraction of sp³-hybridized carbons (Fsp3) is 0.111. The maximum atomic E-state index is 13.2. The summed E-state index contributed by atoms with van der Waals surface area (Å²) in [5.74, 6) is -1.20. The molecule has 4 heteroatoms. The van der Waals surface area contributed by atoms with Crippen molar-refractivity contribution in [3.63, 3.8) is 0 Å². The minimum absolute atomic E-state index is 0.321. The molecule has 4 aromatic carbocycles. The number of methoxy groups -OCH3 is 1. The van der Waals surface area contributed by atoms with E-state index in [1.807, 2.05) is 97.1 Å². The van der Waals surface area contributed by atoms with E-state index < -0.39 is 12.0 Å². The van der Waals surface area contributed by atoms with Crippen LogP contribution in [0.1, 0.15) is 27.4 Å². The van der Waals surface area contributed by atoms with E-state index >= 15 is 0 Å². The summed E-state index contributed by atoms with van der Waals surface area (Å²) in [4.78, 5) is 26.0. The number of fused-ring (bicyclic) bond motifs is 1. The van der Waals surface area contributed by atoms with Gasteiger partial charge < -0.3 is 10.1 Å². The van der Waals surface area contributed by atoms with Gasteiger partial charge in [0.2, 0.25) is 0 Å². The van der Waals surface area contributed by atoms with Gasteiger partial charge in [0.25, 0.3) is 5.91 Å². The molecule has 0 aliphatic carbocycles. The molecule has 154 valence electrons. The van der Waals surface area contributed by atoms with Crippen molar-refractivity contribution >= 4 is 22.6 Å². The number of nitrogens with one attached hydrogen (secondary N) is 1. The SMILES string of the molecule is COC(=O)[C@@H](NC(=O)c1ccc2ccccc2c1)C(c1ccccc1)c1ccccc1. The Balaban J connectivity index is 1.72. The zero-order chi connectivity index (χ0) is 21.6. The van der Waals surface area contributed by atoms with Crippen LogP contribution in [-0.4, -0.2) is 25.0 Å². The van der Waals surface area contributed by atoms with E-state index in [1.165, 1.54) is 7.11 Å². The van der Waals surface area contributed by atoms with Crippen molar-refractivity contribution in [3.8, 4) is 0 Å². The van der Waals surface area contributed by atoms with Crippen molar-refractivity contribution in [1.29, 1.82) is 0 Å². The van der Waals surface area contributed by atoms with Crippen LogP contribution in [0.5, 0.6) is 0 Å². The van der Waals surface area contributed by atoms with Crippen LogP contribution in [0.3, 0.4) is 0 Å². The van der Waals surface area contributed by atoms with Crippen LogP contribution in [0.4, 0.5) is 0 Å². The first kappa shape index (κ1) is 20.4. The zero-order valence-corrected chi connectivity index (χ0v) is 17.2. The second-order valence-corrected chi connectivity index (χ2v) is 7.34. The summed E-state index contributed by atoms with van der Waals surface area (Å²) in [7, 11) is 1.34. The summed E-state index contributed by atoms with van der Waals surface area (Å²) in [5.41, 5.74) is 2.33. The molecule has 0 aromatic heterocycles. The van der Waals surface area contributed by atoms with Gasteiger partial charge in [0.1, 0.15) is 6.04 Å². The fourth-order valence-corrected chi connectivity index (χ4v) is 3.86. The van der Waals surface area contributed by atoms with Gasteiger partial charge in [-0.25, -0.2) is 4.79 Å². The number of amides is 1. The van der Waals surface area contributed by atoms with Crippen molar-refractivity contribution in [2.75, 3.05) is 7.11 Å². The Morgan fingerprint density at radius 1 is 0.710 bits per heavy atom. The fourth-order valence-electron chi connectivity index (χ4n) is 3.86. The van der Waals surface area contributed by atoms with Gasteiger partial charge in [-0.2, -0.15) is 0 Å². The molecule has 1 N–H and O–H groups in total. The second kappa shape index (κ2) is 9.26. The Bertz CT molecular complexity index is 1150. The van der Waals surface area contributed by atoms with Gasteiger partial charge in [-0.3, -0.25) is 4.79 Å². The van der Waals surface area contributed by atoms with Gasteiger partial charge in [-0.05, 0) is 34.0 Å². The average Bonchev–Trinajstić information content (AvgIpc) is 2.84. The van der Waals surface area contributed by atoms with E-state index in [1.54, 1.807) is 6.07 Å². The van der Waals surface area contributed by atoms with Crippen molar-refractivity contribution < 1.29 is 14.3 Å². The third kappa shape index (κ3) is 4.48. The molecule has 0 saturated carbocycles. The van der Waals surface area contributed by atoms with Gasteiger partial charge in [-0.15, -0.1) is 0 Å². The predicted octanol–water partition coefficient (Wildman–Crippen LogP) is 4.94. The molecule has 0 aliphatic rings. The zero-order valence-electron chi connectivity index (χ0n) is 17.2. The highest BCUT2D eigenvalue weighted by Gasteiger charge is 2.33. The number of hydrogen-bond donors (Lipinski definition) is 1. The van der Waals surface area contributed by atoms with Gasteiger partial charge >= 0.3 is 5.97 Å². The lowest BCUT2D eigenvalue weighted by atomic mass is 9.84. The summed E-state index contributed by atoms with van der Waals surface area (Å²) < 4.78 is 5.09. The maximum absolute atomic E-state index is 13.2. The second-order valence-electron chi connectivity index (χ2n) is 7.34. The highest BCUT2D eigenvalue weighted by atomic mass is 16.5. The third-order valence-electron chi connectivity index (χ3n) is 5.40. The monoisotopic (exact) mass is 409 g/mol. The van der Waals surface area contributed by atoms with Crippen LogP contribution >= 0.6 is 0 Å². The van der Waals surface area contributed by atoms with Crippen LogP contribution in [0.2, 0.25) is 0 Å². The molecule has 0 spiro atoms. The third-order valence-corrected chi connectivity index (χ3v) is 5.40. The lowest BCUT2D eigenvalue weighted by Gasteiger charge is -2.27. The van der Waals surface area contributed by atoms with Gasteiger partial charge in [0, 0.05) is 11.5 Å². The highest BCUT2D eigenvalue weighted by Crippen LogP contribution is 2.29. The number of carbonyl (C=O) groups is 2. The molecule has 4 rings (SSSR count). The first-order chi connectivity index (χ1) is 15.2. The molecule has 0 bridgehead atoms. The molecule has 0 unspecified atom stereocenters. The van der Waals surface area contributed by atoms with Crippen LogP contribution in [0, 0.1) is 0 Å². The van der Waals surface area contributed by atoms with Crippen molar-refractivity contribution in [2.45, 2.75) is 12.0 Å². The van der Waals surface area contributed by atoms with Crippen LogP contribution in [-0.2, 0) is 9.53 Å². The molecule has 31 heavy (non-hydrogen) atoms. The van der Waals surface area contributed by atoms with E-state index in [4.69, 9.17) is 4.74 Å². The first-order valence-electron chi connectivity index (χ1n) is 10.1. The number of carbonyl (C=O) groups excluding carboxylic acids is 2. The number of esters is 1. The Hall–Kier alpha value is -3.92. The molecule has 0 radical (unpaired) electrons. The van der Waals surface area contributed by atoms with Crippen molar-refractivity contribution in [1.82, 2.24) is 5.32 Å². The molecule has 0 heterocycles. The lowest BCUT2D eigenvalue weighted by molar-refractivity contribution is -0.143. The van der Waals surface area contributed by atoms with E-state index in [9.17, 15) is 9.59 Å². The number of rotatable bonds is 6. The molecule has 1 amide bonds. The Labute approximate surface area is 181 Å². The smallest absolute Gasteiger partial charge is 0.329 e.